The molecule has 4 nitrogen and oxygen atoms in total. The molecule has 1 atom stereocenters. The van der Waals surface area contributed by atoms with Crippen LogP contribution in [0, 0.1) is 0 Å². The van der Waals surface area contributed by atoms with Gasteiger partial charge in [-0.3, -0.25) is 0 Å². The van der Waals surface area contributed by atoms with Gasteiger partial charge in [0, 0.05) is 29.3 Å². The largest absolute Gasteiger partial charge is 0.331 e. The predicted octanol–water partition coefficient (Wildman–Crippen LogP) is 2.73. The van der Waals surface area contributed by atoms with Crippen LogP contribution < -0.4 is 0 Å². The van der Waals surface area contributed by atoms with Gasteiger partial charge in [0.25, 0.3) is 9.05 Å². The molecule has 1 heterocycles. The molecule has 0 aliphatic rings. The molecule has 0 aromatic carbocycles. The highest BCUT2D eigenvalue weighted by molar-refractivity contribution is 8.13. The molecule has 0 amide bonds. The van der Waals surface area contributed by atoms with Crippen molar-refractivity contribution in [1.29, 1.82) is 0 Å². The number of hydrogen-bond donors (Lipinski definition) is 0. The van der Waals surface area contributed by atoms with Crippen LogP contribution in [0.4, 0.5) is 0 Å². The highest BCUT2D eigenvalue weighted by Gasteiger charge is 2.19. The minimum absolute atomic E-state index is 0.0473. The van der Waals surface area contributed by atoms with E-state index in [4.69, 9.17) is 10.7 Å². The molecule has 1 aromatic rings. The molecule has 0 radical (unpaired) electrons. The number of aryl methyl sites for hydroxylation is 1. The minimum atomic E-state index is -3.72. The average molecular weight is 265 g/mol. The van der Waals surface area contributed by atoms with Crippen LogP contribution in [-0.2, 0) is 15.5 Å². The van der Waals surface area contributed by atoms with E-state index in [0.29, 0.717) is 6.42 Å². The first-order valence-electron chi connectivity index (χ1n) is 5.42. The highest BCUT2D eigenvalue weighted by Crippen LogP contribution is 2.21. The van der Waals surface area contributed by atoms with Crippen LogP contribution in [0.1, 0.15) is 45.5 Å². The number of hydrogen-bond acceptors (Lipinski definition) is 3. The van der Waals surface area contributed by atoms with Crippen molar-refractivity contribution in [2.45, 2.75) is 51.1 Å². The van der Waals surface area contributed by atoms with Crippen molar-refractivity contribution in [3.05, 3.63) is 12.0 Å². The van der Waals surface area contributed by atoms with Gasteiger partial charge in [-0.05, 0) is 13.3 Å². The Balaban J connectivity index is 3.14. The zero-order valence-electron chi connectivity index (χ0n) is 9.77. The summed E-state index contributed by atoms with van der Waals surface area (Å²) in [6, 6.07) is 0.250. The van der Waals surface area contributed by atoms with Gasteiger partial charge in [0.15, 0.2) is 5.03 Å². The minimum Gasteiger partial charge on any atom is -0.331 e. The lowest BCUT2D eigenvalue weighted by Crippen LogP contribution is -2.07. The maximum Gasteiger partial charge on any atom is 0.280 e. The Kier molecular flexibility index (Phi) is 4.38. The van der Waals surface area contributed by atoms with E-state index in [9.17, 15) is 8.42 Å². The summed E-state index contributed by atoms with van der Waals surface area (Å²) in [4.78, 5) is 4.05. The van der Waals surface area contributed by atoms with E-state index in [0.717, 1.165) is 18.7 Å². The van der Waals surface area contributed by atoms with Crippen molar-refractivity contribution in [2.24, 2.45) is 0 Å². The fraction of sp³-hybridized carbons (Fsp3) is 0.700. The number of aromatic nitrogens is 2. The Bertz CT molecular complexity index is 453. The maximum absolute atomic E-state index is 11.2. The second-order valence-electron chi connectivity index (χ2n) is 3.83. The third-order valence-corrected chi connectivity index (χ3v) is 3.70. The molecule has 0 saturated carbocycles. The Morgan fingerprint density at radius 1 is 1.50 bits per heavy atom. The van der Waals surface area contributed by atoms with E-state index in [1.54, 1.807) is 0 Å². The highest BCUT2D eigenvalue weighted by atomic mass is 35.7. The Morgan fingerprint density at radius 3 is 2.56 bits per heavy atom. The standard InChI is InChI=1S/C10H17ClN2O2S/c1-4-6-8(3)13-7-10(16(11,14)15)12-9(13)5-2/h7-8H,4-6H2,1-3H3. The Hall–Kier alpha value is -0.550. The lowest BCUT2D eigenvalue weighted by atomic mass is 10.2. The molecule has 0 saturated heterocycles. The second kappa shape index (κ2) is 5.19. The van der Waals surface area contributed by atoms with E-state index in [2.05, 4.69) is 18.8 Å². The quantitative estimate of drug-likeness (QED) is 0.769. The monoisotopic (exact) mass is 264 g/mol. The molecule has 1 unspecified atom stereocenters. The number of nitrogens with zero attached hydrogens (tertiary/aromatic N) is 2. The second-order valence-corrected chi connectivity index (χ2v) is 6.34. The summed E-state index contributed by atoms with van der Waals surface area (Å²) in [6.07, 6.45) is 4.26. The molecule has 0 N–H and O–H groups in total. The molecule has 0 bridgehead atoms. The van der Waals surface area contributed by atoms with Crippen molar-refractivity contribution >= 4 is 19.7 Å². The van der Waals surface area contributed by atoms with Crippen molar-refractivity contribution in [2.75, 3.05) is 0 Å². The SMILES string of the molecule is CCCC(C)n1cc(S(=O)(=O)Cl)nc1CC. The van der Waals surface area contributed by atoms with Crippen LogP contribution in [0.2, 0.25) is 0 Å². The van der Waals surface area contributed by atoms with Crippen molar-refractivity contribution < 1.29 is 8.42 Å². The van der Waals surface area contributed by atoms with Gasteiger partial charge in [0.1, 0.15) is 5.82 Å². The van der Waals surface area contributed by atoms with Gasteiger partial charge < -0.3 is 4.57 Å². The van der Waals surface area contributed by atoms with Crippen LogP contribution in [0.3, 0.4) is 0 Å². The smallest absolute Gasteiger partial charge is 0.280 e. The topological polar surface area (TPSA) is 52.0 Å². The van der Waals surface area contributed by atoms with Crippen LogP contribution in [-0.4, -0.2) is 18.0 Å². The van der Waals surface area contributed by atoms with E-state index >= 15 is 0 Å². The van der Waals surface area contributed by atoms with Gasteiger partial charge in [0.05, 0.1) is 0 Å². The van der Waals surface area contributed by atoms with Crippen molar-refractivity contribution in [3.8, 4) is 0 Å². The fourth-order valence-electron chi connectivity index (χ4n) is 1.72. The van der Waals surface area contributed by atoms with Crippen LogP contribution in [0.15, 0.2) is 11.2 Å². The van der Waals surface area contributed by atoms with E-state index < -0.39 is 9.05 Å². The maximum atomic E-state index is 11.2. The summed E-state index contributed by atoms with van der Waals surface area (Å²) in [5.41, 5.74) is 0. The van der Waals surface area contributed by atoms with Gasteiger partial charge >= 0.3 is 0 Å². The Labute approximate surface area is 101 Å². The summed E-state index contributed by atoms with van der Waals surface area (Å²) in [5.74, 6) is 0.764. The van der Waals surface area contributed by atoms with Crippen LogP contribution in [0.5, 0.6) is 0 Å². The number of rotatable bonds is 5. The third-order valence-electron chi connectivity index (χ3n) is 2.53. The summed E-state index contributed by atoms with van der Waals surface area (Å²) < 4.78 is 24.3. The molecule has 0 spiro atoms. The van der Waals surface area contributed by atoms with Gasteiger partial charge in [-0.2, -0.15) is 0 Å². The number of halogens is 1. The summed E-state index contributed by atoms with van der Waals surface area (Å²) in [7, 11) is 1.56. The molecular weight excluding hydrogens is 248 g/mol. The zero-order chi connectivity index (χ0) is 12.3. The average Bonchev–Trinajstić information content (AvgIpc) is 2.61. The first kappa shape index (κ1) is 13.5. The van der Waals surface area contributed by atoms with E-state index in [1.807, 2.05) is 11.5 Å². The van der Waals surface area contributed by atoms with Crippen molar-refractivity contribution in [1.82, 2.24) is 9.55 Å². The predicted molar refractivity (Wildman–Crippen MR) is 64.3 cm³/mol. The van der Waals surface area contributed by atoms with Gasteiger partial charge in [-0.1, -0.05) is 20.3 Å². The molecule has 1 rings (SSSR count). The normalized spacial score (nSPS) is 14.0. The first-order valence-corrected chi connectivity index (χ1v) is 7.73. The van der Waals surface area contributed by atoms with Gasteiger partial charge in [-0.15, -0.1) is 0 Å². The van der Waals surface area contributed by atoms with Gasteiger partial charge in [-0.25, -0.2) is 13.4 Å². The lowest BCUT2D eigenvalue weighted by Gasteiger charge is -2.14. The number of imidazole rings is 1. The molecule has 1 aromatic heterocycles. The summed E-state index contributed by atoms with van der Waals surface area (Å²) in [6.45, 7) is 6.09. The Morgan fingerprint density at radius 2 is 2.12 bits per heavy atom. The summed E-state index contributed by atoms with van der Waals surface area (Å²) in [5, 5.41) is -0.0473. The molecule has 16 heavy (non-hydrogen) atoms. The van der Waals surface area contributed by atoms with Gasteiger partial charge in [0.2, 0.25) is 0 Å². The third kappa shape index (κ3) is 2.98. The summed E-state index contributed by atoms with van der Waals surface area (Å²) >= 11 is 0. The first-order chi connectivity index (χ1) is 7.40. The molecule has 0 fully saturated rings. The molecule has 0 aliphatic heterocycles. The van der Waals surface area contributed by atoms with Crippen LogP contribution >= 0.6 is 10.7 Å². The van der Waals surface area contributed by atoms with Crippen molar-refractivity contribution in [3.63, 3.8) is 0 Å². The fourth-order valence-corrected chi connectivity index (χ4v) is 2.40. The molecule has 92 valence electrons. The lowest BCUT2D eigenvalue weighted by molar-refractivity contribution is 0.483. The van der Waals surface area contributed by atoms with E-state index in [1.165, 1.54) is 6.20 Å². The zero-order valence-corrected chi connectivity index (χ0v) is 11.3. The van der Waals surface area contributed by atoms with E-state index in [-0.39, 0.29) is 11.1 Å². The molecular formula is C10H17ClN2O2S. The molecule has 6 heteroatoms. The molecule has 0 aliphatic carbocycles. The van der Waals surface area contributed by atoms with Crippen LogP contribution in [0.25, 0.3) is 0 Å².